The number of carbonyl (C=O) groups is 2. The first-order valence-corrected chi connectivity index (χ1v) is 9.45. The van der Waals surface area contributed by atoms with Gasteiger partial charge in [-0.3, -0.25) is 14.6 Å². The number of hydrogen-bond acceptors (Lipinski definition) is 3. The van der Waals surface area contributed by atoms with Crippen LogP contribution < -0.4 is 15.5 Å². The summed E-state index contributed by atoms with van der Waals surface area (Å²) in [6.07, 6.45) is 1.89. The van der Waals surface area contributed by atoms with E-state index in [1.165, 1.54) is 5.56 Å². The van der Waals surface area contributed by atoms with E-state index in [1.54, 1.807) is 4.90 Å². The summed E-state index contributed by atoms with van der Waals surface area (Å²) in [5.41, 5.74) is 2.75. The van der Waals surface area contributed by atoms with Crippen LogP contribution in [0.15, 0.2) is 54.6 Å². The fraction of sp³-hybridized carbons (Fsp3) is 0.333. The second-order valence-electron chi connectivity index (χ2n) is 7.04. The third kappa shape index (κ3) is 3.95. The number of benzene rings is 2. The first-order chi connectivity index (χ1) is 13.2. The van der Waals surface area contributed by atoms with E-state index in [9.17, 15) is 9.59 Å². The molecule has 2 aromatic rings. The van der Waals surface area contributed by atoms with Crippen LogP contribution in [0.2, 0.25) is 0 Å². The first kappa shape index (κ1) is 17.5. The molecule has 2 heterocycles. The summed E-state index contributed by atoms with van der Waals surface area (Å²) in [6.45, 7) is 3.00. The summed E-state index contributed by atoms with van der Waals surface area (Å²) >= 11 is 0. The highest BCUT2D eigenvalue weighted by Gasteiger charge is 2.30. The van der Waals surface area contributed by atoms with Gasteiger partial charge < -0.3 is 10.6 Å². The van der Waals surface area contributed by atoms with Crippen LogP contribution in [-0.2, 0) is 11.3 Å². The zero-order valence-corrected chi connectivity index (χ0v) is 15.2. The third-order valence-corrected chi connectivity index (χ3v) is 5.18. The zero-order chi connectivity index (χ0) is 18.6. The minimum absolute atomic E-state index is 0.0199. The van der Waals surface area contributed by atoms with Gasteiger partial charge in [-0.1, -0.05) is 36.4 Å². The number of likely N-dealkylation sites (tertiary alicyclic amines) is 1. The summed E-state index contributed by atoms with van der Waals surface area (Å²) in [6, 6.07) is 17.5. The number of urea groups is 1. The number of hydrogen-bond donors (Lipinski definition) is 2. The van der Waals surface area contributed by atoms with Crippen molar-refractivity contribution in [1.29, 1.82) is 0 Å². The summed E-state index contributed by atoms with van der Waals surface area (Å²) in [5, 5.41) is 5.83. The molecule has 2 aliphatic rings. The molecule has 2 saturated heterocycles. The Balaban J connectivity index is 1.43. The van der Waals surface area contributed by atoms with E-state index < -0.39 is 0 Å². The van der Waals surface area contributed by atoms with Gasteiger partial charge in [-0.15, -0.1) is 0 Å². The van der Waals surface area contributed by atoms with Crippen molar-refractivity contribution >= 4 is 23.3 Å². The fourth-order valence-corrected chi connectivity index (χ4v) is 3.83. The standard InChI is InChI=1S/C21H24N4O2/c26-20(19-10-5-12-24(19)15-16-6-2-1-3-7-16)23-17-8-4-9-18(14-17)25-13-11-22-21(25)27/h1-4,6-9,14,19H,5,10-13,15H2,(H,22,27)(H,23,26). The molecule has 1 atom stereocenters. The van der Waals surface area contributed by atoms with Gasteiger partial charge in [0.1, 0.15) is 0 Å². The second-order valence-corrected chi connectivity index (χ2v) is 7.04. The molecule has 3 amide bonds. The molecule has 6 heteroatoms. The normalized spacial score (nSPS) is 19.9. The molecule has 1 unspecified atom stereocenters. The largest absolute Gasteiger partial charge is 0.336 e. The molecule has 0 bridgehead atoms. The molecule has 0 aliphatic carbocycles. The maximum atomic E-state index is 12.9. The maximum Gasteiger partial charge on any atom is 0.321 e. The Hall–Kier alpha value is -2.86. The van der Waals surface area contributed by atoms with Gasteiger partial charge in [0.2, 0.25) is 5.91 Å². The van der Waals surface area contributed by atoms with E-state index in [0.717, 1.165) is 37.3 Å². The number of nitrogens with zero attached hydrogens (tertiary/aromatic N) is 2. The number of rotatable bonds is 5. The molecule has 0 radical (unpaired) electrons. The lowest BCUT2D eigenvalue weighted by Gasteiger charge is -2.24. The van der Waals surface area contributed by atoms with Crippen molar-refractivity contribution in [2.24, 2.45) is 0 Å². The molecule has 2 aliphatic heterocycles. The SMILES string of the molecule is O=C(Nc1cccc(N2CCNC2=O)c1)C1CCCN1Cc1ccccc1. The van der Waals surface area contributed by atoms with Crippen molar-refractivity contribution in [2.75, 3.05) is 29.9 Å². The van der Waals surface area contributed by atoms with Gasteiger partial charge in [-0.05, 0) is 43.1 Å². The van der Waals surface area contributed by atoms with E-state index in [4.69, 9.17) is 0 Å². The van der Waals surface area contributed by atoms with Crippen molar-refractivity contribution in [3.05, 3.63) is 60.2 Å². The quantitative estimate of drug-likeness (QED) is 0.857. The minimum Gasteiger partial charge on any atom is -0.336 e. The Morgan fingerprint density at radius 1 is 1.11 bits per heavy atom. The third-order valence-electron chi connectivity index (χ3n) is 5.18. The van der Waals surface area contributed by atoms with Crippen molar-refractivity contribution in [3.8, 4) is 0 Å². The van der Waals surface area contributed by atoms with Crippen LogP contribution in [0.25, 0.3) is 0 Å². The Morgan fingerprint density at radius 3 is 2.74 bits per heavy atom. The van der Waals surface area contributed by atoms with E-state index in [-0.39, 0.29) is 18.0 Å². The lowest BCUT2D eigenvalue weighted by Crippen LogP contribution is -2.39. The van der Waals surface area contributed by atoms with Gasteiger partial charge in [0, 0.05) is 31.0 Å². The molecule has 2 fully saturated rings. The number of anilines is 2. The number of carbonyl (C=O) groups excluding carboxylic acids is 2. The van der Waals surface area contributed by atoms with Crippen LogP contribution in [0.3, 0.4) is 0 Å². The summed E-state index contributed by atoms with van der Waals surface area (Å²) in [5.74, 6) is 0.0199. The molecule has 0 aromatic heterocycles. The van der Waals surface area contributed by atoms with Gasteiger partial charge in [-0.2, -0.15) is 0 Å². The van der Waals surface area contributed by atoms with Gasteiger partial charge in [-0.25, -0.2) is 4.79 Å². The average molecular weight is 364 g/mol. The summed E-state index contributed by atoms with van der Waals surface area (Å²) < 4.78 is 0. The van der Waals surface area contributed by atoms with Crippen molar-refractivity contribution in [2.45, 2.75) is 25.4 Å². The predicted molar refractivity (Wildman–Crippen MR) is 106 cm³/mol. The summed E-state index contributed by atoms with van der Waals surface area (Å²) in [7, 11) is 0. The molecule has 0 saturated carbocycles. The minimum atomic E-state index is -0.121. The molecular formula is C21H24N4O2. The van der Waals surface area contributed by atoms with Crippen LogP contribution in [0.5, 0.6) is 0 Å². The zero-order valence-electron chi connectivity index (χ0n) is 15.2. The predicted octanol–water partition coefficient (Wildman–Crippen LogP) is 2.82. The Morgan fingerprint density at radius 2 is 1.96 bits per heavy atom. The Labute approximate surface area is 159 Å². The van der Waals surface area contributed by atoms with Crippen LogP contribution in [0, 0.1) is 0 Å². The van der Waals surface area contributed by atoms with E-state index in [0.29, 0.717) is 13.1 Å². The van der Waals surface area contributed by atoms with E-state index >= 15 is 0 Å². The Bertz CT molecular complexity index is 824. The highest BCUT2D eigenvalue weighted by molar-refractivity contribution is 5.97. The first-order valence-electron chi connectivity index (χ1n) is 9.45. The number of nitrogens with one attached hydrogen (secondary N) is 2. The van der Waals surface area contributed by atoms with Crippen LogP contribution in [0.1, 0.15) is 18.4 Å². The lowest BCUT2D eigenvalue weighted by atomic mass is 10.1. The highest BCUT2D eigenvalue weighted by Crippen LogP contribution is 2.24. The van der Waals surface area contributed by atoms with Gasteiger partial charge in [0.05, 0.1) is 6.04 Å². The smallest absolute Gasteiger partial charge is 0.321 e. The Kier molecular flexibility index (Phi) is 5.07. The van der Waals surface area contributed by atoms with Crippen LogP contribution >= 0.6 is 0 Å². The molecule has 4 rings (SSSR count). The topological polar surface area (TPSA) is 64.7 Å². The molecule has 2 N–H and O–H groups in total. The molecule has 2 aromatic carbocycles. The molecule has 27 heavy (non-hydrogen) atoms. The van der Waals surface area contributed by atoms with Gasteiger partial charge >= 0.3 is 6.03 Å². The van der Waals surface area contributed by atoms with E-state index in [2.05, 4.69) is 27.7 Å². The van der Waals surface area contributed by atoms with Crippen molar-refractivity contribution < 1.29 is 9.59 Å². The van der Waals surface area contributed by atoms with Crippen molar-refractivity contribution in [3.63, 3.8) is 0 Å². The number of amides is 3. The monoisotopic (exact) mass is 364 g/mol. The van der Waals surface area contributed by atoms with Crippen LogP contribution in [-0.4, -0.2) is 42.5 Å². The van der Waals surface area contributed by atoms with Crippen LogP contribution in [0.4, 0.5) is 16.2 Å². The highest BCUT2D eigenvalue weighted by atomic mass is 16.2. The van der Waals surface area contributed by atoms with Gasteiger partial charge in [0.15, 0.2) is 0 Å². The molecule has 140 valence electrons. The fourth-order valence-electron chi connectivity index (χ4n) is 3.83. The molecular weight excluding hydrogens is 340 g/mol. The molecule has 0 spiro atoms. The molecule has 6 nitrogen and oxygen atoms in total. The van der Waals surface area contributed by atoms with Gasteiger partial charge in [0.25, 0.3) is 0 Å². The average Bonchev–Trinajstić information content (AvgIpc) is 3.32. The van der Waals surface area contributed by atoms with E-state index in [1.807, 2.05) is 42.5 Å². The van der Waals surface area contributed by atoms with Crippen molar-refractivity contribution in [1.82, 2.24) is 10.2 Å². The maximum absolute atomic E-state index is 12.9. The second kappa shape index (κ2) is 7.80. The summed E-state index contributed by atoms with van der Waals surface area (Å²) in [4.78, 5) is 28.6. The lowest BCUT2D eigenvalue weighted by molar-refractivity contribution is -0.120.